The molecular weight excluding hydrogens is 342 g/mol. The van der Waals surface area contributed by atoms with E-state index in [1.807, 2.05) is 30.5 Å². The molecule has 1 aliphatic heterocycles. The highest BCUT2D eigenvalue weighted by Crippen LogP contribution is 2.29. The second-order valence-electron chi connectivity index (χ2n) is 7.25. The van der Waals surface area contributed by atoms with Crippen LogP contribution < -0.4 is 5.32 Å². The lowest BCUT2D eigenvalue weighted by atomic mass is 10.1. The van der Waals surface area contributed by atoms with Gasteiger partial charge >= 0.3 is 0 Å². The van der Waals surface area contributed by atoms with Gasteiger partial charge in [-0.2, -0.15) is 11.8 Å². The SMILES string of the molecule is CCNC(=NCc1cccc(Cn2ccnc2)c1)N1CCSC(C)(C)C1. The Bertz CT molecular complexity index is 724. The number of imidazole rings is 1. The molecule has 6 heteroatoms. The van der Waals surface area contributed by atoms with Crippen LogP contribution >= 0.6 is 11.8 Å². The third-order valence-electron chi connectivity index (χ3n) is 4.39. The van der Waals surface area contributed by atoms with E-state index in [1.54, 1.807) is 0 Å². The Morgan fingerprint density at radius 1 is 1.35 bits per heavy atom. The van der Waals surface area contributed by atoms with Crippen LogP contribution in [-0.2, 0) is 13.1 Å². The summed E-state index contributed by atoms with van der Waals surface area (Å²) in [5.74, 6) is 2.18. The summed E-state index contributed by atoms with van der Waals surface area (Å²) in [7, 11) is 0. The second-order valence-corrected chi connectivity index (χ2v) is 9.06. The maximum Gasteiger partial charge on any atom is 0.194 e. The standard InChI is InChI=1S/C20H29N5S/c1-4-22-19(25-10-11-26-20(2,3)15-25)23-13-17-6-5-7-18(12-17)14-24-9-8-21-16-24/h5-9,12,16H,4,10-11,13-15H2,1-3H3,(H,22,23). The largest absolute Gasteiger partial charge is 0.357 e. The van der Waals surface area contributed by atoms with E-state index in [9.17, 15) is 0 Å². The van der Waals surface area contributed by atoms with Crippen molar-refractivity contribution in [1.29, 1.82) is 0 Å². The molecule has 0 bridgehead atoms. The van der Waals surface area contributed by atoms with Crippen molar-refractivity contribution in [2.24, 2.45) is 4.99 Å². The van der Waals surface area contributed by atoms with Gasteiger partial charge in [0.15, 0.2) is 5.96 Å². The number of benzene rings is 1. The summed E-state index contributed by atoms with van der Waals surface area (Å²) in [5, 5.41) is 3.47. The van der Waals surface area contributed by atoms with Gasteiger partial charge in [0.2, 0.25) is 0 Å². The van der Waals surface area contributed by atoms with Crippen molar-refractivity contribution in [2.45, 2.75) is 38.6 Å². The summed E-state index contributed by atoms with van der Waals surface area (Å²) in [5.41, 5.74) is 2.51. The van der Waals surface area contributed by atoms with Crippen LogP contribution in [0, 0.1) is 0 Å². The van der Waals surface area contributed by atoms with Gasteiger partial charge in [0.05, 0.1) is 12.9 Å². The van der Waals surface area contributed by atoms with E-state index in [-0.39, 0.29) is 4.75 Å². The number of aliphatic imine (C=N–C) groups is 1. The number of guanidine groups is 1. The number of rotatable bonds is 5. The van der Waals surface area contributed by atoms with Crippen LogP contribution in [0.1, 0.15) is 31.9 Å². The molecule has 2 aromatic rings. The maximum atomic E-state index is 4.91. The average molecular weight is 372 g/mol. The lowest BCUT2D eigenvalue weighted by molar-refractivity contribution is 0.376. The van der Waals surface area contributed by atoms with Crippen LogP contribution in [0.25, 0.3) is 0 Å². The first kappa shape index (κ1) is 18.8. The lowest BCUT2D eigenvalue weighted by Gasteiger charge is -2.39. The molecule has 0 radical (unpaired) electrons. The van der Waals surface area contributed by atoms with Crippen LogP contribution in [0.4, 0.5) is 0 Å². The Kier molecular flexibility index (Phi) is 6.25. The van der Waals surface area contributed by atoms with E-state index in [0.717, 1.165) is 37.9 Å². The molecule has 1 aromatic carbocycles. The van der Waals surface area contributed by atoms with Crippen LogP contribution in [0.3, 0.4) is 0 Å². The first-order valence-electron chi connectivity index (χ1n) is 9.26. The topological polar surface area (TPSA) is 45.5 Å². The van der Waals surface area contributed by atoms with Gasteiger partial charge in [-0.3, -0.25) is 0 Å². The minimum Gasteiger partial charge on any atom is -0.357 e. The number of aromatic nitrogens is 2. The molecule has 0 saturated carbocycles. The molecule has 1 N–H and O–H groups in total. The molecule has 1 fully saturated rings. The number of hydrogen-bond donors (Lipinski definition) is 1. The molecule has 5 nitrogen and oxygen atoms in total. The highest BCUT2D eigenvalue weighted by Gasteiger charge is 2.28. The monoisotopic (exact) mass is 371 g/mol. The van der Waals surface area contributed by atoms with E-state index in [4.69, 9.17) is 4.99 Å². The summed E-state index contributed by atoms with van der Waals surface area (Å²) >= 11 is 2.05. The van der Waals surface area contributed by atoms with Crippen molar-refractivity contribution < 1.29 is 0 Å². The fourth-order valence-electron chi connectivity index (χ4n) is 3.21. The Balaban J connectivity index is 1.69. The number of hydrogen-bond acceptors (Lipinski definition) is 3. The van der Waals surface area contributed by atoms with Crippen molar-refractivity contribution in [1.82, 2.24) is 19.8 Å². The number of thioether (sulfide) groups is 1. The summed E-state index contributed by atoms with van der Waals surface area (Å²) in [4.78, 5) is 11.4. The van der Waals surface area contributed by atoms with Gasteiger partial charge in [-0.25, -0.2) is 9.98 Å². The zero-order valence-corrected chi connectivity index (χ0v) is 16.8. The van der Waals surface area contributed by atoms with Crippen LogP contribution in [0.2, 0.25) is 0 Å². The Morgan fingerprint density at radius 2 is 2.19 bits per heavy atom. The molecule has 1 aliphatic rings. The van der Waals surface area contributed by atoms with E-state index >= 15 is 0 Å². The Labute approximate surface area is 160 Å². The minimum atomic E-state index is 0.277. The van der Waals surface area contributed by atoms with Gasteiger partial charge in [0.25, 0.3) is 0 Å². The van der Waals surface area contributed by atoms with Gasteiger partial charge in [-0.1, -0.05) is 24.3 Å². The van der Waals surface area contributed by atoms with E-state index < -0.39 is 0 Å². The normalized spacial score (nSPS) is 17.3. The van der Waals surface area contributed by atoms with Gasteiger partial charge in [-0.05, 0) is 31.9 Å². The lowest BCUT2D eigenvalue weighted by Crippen LogP contribution is -2.50. The molecule has 0 amide bonds. The maximum absolute atomic E-state index is 4.91. The molecule has 26 heavy (non-hydrogen) atoms. The molecule has 0 spiro atoms. The summed E-state index contributed by atoms with van der Waals surface area (Å²) in [6.45, 7) is 11.3. The summed E-state index contributed by atoms with van der Waals surface area (Å²) < 4.78 is 2.36. The Morgan fingerprint density at radius 3 is 2.92 bits per heavy atom. The number of nitrogens with zero attached hydrogens (tertiary/aromatic N) is 4. The van der Waals surface area contributed by atoms with Gasteiger partial charge in [0, 0.05) is 49.1 Å². The third kappa shape index (κ3) is 5.27. The van der Waals surface area contributed by atoms with Crippen molar-refractivity contribution in [3.63, 3.8) is 0 Å². The smallest absolute Gasteiger partial charge is 0.194 e. The molecule has 0 atom stereocenters. The molecule has 140 valence electrons. The van der Waals surface area contributed by atoms with Crippen LogP contribution in [0.5, 0.6) is 0 Å². The predicted molar refractivity (Wildman–Crippen MR) is 111 cm³/mol. The third-order valence-corrected chi connectivity index (χ3v) is 5.68. The van der Waals surface area contributed by atoms with Crippen molar-refractivity contribution in [2.75, 3.05) is 25.4 Å². The first-order chi connectivity index (χ1) is 12.6. The number of nitrogens with one attached hydrogen (secondary N) is 1. The zero-order valence-electron chi connectivity index (χ0n) is 16.0. The van der Waals surface area contributed by atoms with Gasteiger partial charge in [-0.15, -0.1) is 0 Å². The van der Waals surface area contributed by atoms with E-state index in [1.165, 1.54) is 11.1 Å². The van der Waals surface area contributed by atoms with E-state index in [2.05, 4.69) is 64.8 Å². The minimum absolute atomic E-state index is 0.277. The molecule has 0 unspecified atom stereocenters. The van der Waals surface area contributed by atoms with Crippen molar-refractivity contribution in [3.05, 3.63) is 54.1 Å². The summed E-state index contributed by atoms with van der Waals surface area (Å²) in [6, 6.07) is 8.66. The first-order valence-corrected chi connectivity index (χ1v) is 10.2. The molecule has 2 heterocycles. The van der Waals surface area contributed by atoms with Crippen LogP contribution in [0.15, 0.2) is 48.0 Å². The van der Waals surface area contributed by atoms with Crippen molar-refractivity contribution >= 4 is 17.7 Å². The van der Waals surface area contributed by atoms with Gasteiger partial charge in [0.1, 0.15) is 0 Å². The second kappa shape index (κ2) is 8.62. The van der Waals surface area contributed by atoms with Gasteiger partial charge < -0.3 is 14.8 Å². The zero-order chi connectivity index (χ0) is 18.4. The molecule has 1 aromatic heterocycles. The fourth-order valence-corrected chi connectivity index (χ4v) is 4.32. The highest BCUT2D eigenvalue weighted by molar-refractivity contribution is 8.00. The van der Waals surface area contributed by atoms with Crippen molar-refractivity contribution in [3.8, 4) is 0 Å². The predicted octanol–water partition coefficient (Wildman–Crippen LogP) is 3.22. The summed E-state index contributed by atoms with van der Waals surface area (Å²) in [6.07, 6.45) is 5.66. The molecular formula is C20H29N5S. The Hall–Kier alpha value is -1.95. The van der Waals surface area contributed by atoms with Crippen LogP contribution in [-0.4, -0.2) is 50.5 Å². The molecule has 1 saturated heterocycles. The quantitative estimate of drug-likeness (QED) is 0.647. The van der Waals surface area contributed by atoms with E-state index in [0.29, 0.717) is 6.54 Å². The molecule has 3 rings (SSSR count). The average Bonchev–Trinajstić information content (AvgIpc) is 3.11. The highest BCUT2D eigenvalue weighted by atomic mass is 32.2. The fraction of sp³-hybridized carbons (Fsp3) is 0.500. The molecule has 0 aliphatic carbocycles.